The molecule has 0 nitrogen and oxygen atoms in total. The van der Waals surface area contributed by atoms with Gasteiger partial charge in [0.15, 0.2) is 0 Å². The van der Waals surface area contributed by atoms with Crippen molar-refractivity contribution in [3.8, 4) is 0 Å². The first kappa shape index (κ1) is 14.3. The van der Waals surface area contributed by atoms with Gasteiger partial charge in [-0.05, 0) is 0 Å². The topological polar surface area (TPSA) is 0 Å². The number of rotatable bonds is 9. The second-order valence-corrected chi connectivity index (χ2v) is 6.05. The van der Waals surface area contributed by atoms with Crippen LogP contribution in [0.2, 0.25) is 5.32 Å². The third-order valence-corrected chi connectivity index (χ3v) is 4.62. The molecule has 0 heterocycles. The van der Waals surface area contributed by atoms with E-state index < -0.39 is 0 Å². The molecule has 84 valence electrons. The SMILES string of the molecule is CCCCCC/C(C)=C\[Se]CCCC. The van der Waals surface area contributed by atoms with Gasteiger partial charge in [-0.15, -0.1) is 0 Å². The fourth-order valence-corrected chi connectivity index (χ4v) is 3.37. The van der Waals surface area contributed by atoms with Gasteiger partial charge >= 0.3 is 96.5 Å². The zero-order valence-electron chi connectivity index (χ0n) is 10.1. The van der Waals surface area contributed by atoms with E-state index in [4.69, 9.17) is 0 Å². The summed E-state index contributed by atoms with van der Waals surface area (Å²) in [6.07, 6.45) is 9.69. The van der Waals surface area contributed by atoms with E-state index in [2.05, 4.69) is 25.7 Å². The molecule has 0 aliphatic rings. The van der Waals surface area contributed by atoms with Crippen molar-refractivity contribution in [3.05, 3.63) is 10.5 Å². The average Bonchev–Trinajstić information content (AvgIpc) is 2.19. The molecule has 0 aromatic rings. The molecule has 0 radical (unpaired) electrons. The third-order valence-electron chi connectivity index (χ3n) is 2.32. The molecule has 0 unspecified atom stereocenters. The summed E-state index contributed by atoms with van der Waals surface area (Å²) >= 11 is 0.783. The Morgan fingerprint density at radius 1 is 1.00 bits per heavy atom. The molecule has 0 saturated heterocycles. The molecule has 0 N–H and O–H groups in total. The Balaban J connectivity index is 3.28. The second kappa shape index (κ2) is 11.3. The molecule has 0 amide bonds. The minimum absolute atomic E-state index is 0.783. The molecule has 0 aromatic heterocycles. The monoisotopic (exact) mass is 262 g/mol. The summed E-state index contributed by atoms with van der Waals surface area (Å²) in [6.45, 7) is 6.85. The van der Waals surface area contributed by atoms with Gasteiger partial charge in [0.05, 0.1) is 0 Å². The van der Waals surface area contributed by atoms with Crippen LogP contribution in [0.25, 0.3) is 0 Å². The summed E-state index contributed by atoms with van der Waals surface area (Å²) in [5.41, 5.74) is 1.64. The van der Waals surface area contributed by atoms with Crippen LogP contribution in [0, 0.1) is 0 Å². The van der Waals surface area contributed by atoms with Crippen molar-refractivity contribution in [1.82, 2.24) is 0 Å². The molecular formula is C13H26Se. The van der Waals surface area contributed by atoms with Crippen LogP contribution in [0.5, 0.6) is 0 Å². The van der Waals surface area contributed by atoms with Gasteiger partial charge in [-0.2, -0.15) is 0 Å². The van der Waals surface area contributed by atoms with Gasteiger partial charge in [0, 0.05) is 0 Å². The number of allylic oxidation sites excluding steroid dienone is 1. The van der Waals surface area contributed by atoms with E-state index in [1.54, 1.807) is 5.57 Å². The third kappa shape index (κ3) is 10.3. The van der Waals surface area contributed by atoms with Crippen molar-refractivity contribution >= 4 is 15.0 Å². The molecular weight excluding hydrogens is 235 g/mol. The normalized spacial score (nSPS) is 12.1. The molecule has 0 saturated carbocycles. The molecule has 14 heavy (non-hydrogen) atoms. The summed E-state index contributed by atoms with van der Waals surface area (Å²) in [5, 5.41) is 1.44. The minimum atomic E-state index is 0.783. The van der Waals surface area contributed by atoms with E-state index >= 15 is 0 Å². The van der Waals surface area contributed by atoms with Gasteiger partial charge in [0.1, 0.15) is 0 Å². The first-order valence-corrected chi connectivity index (χ1v) is 8.28. The summed E-state index contributed by atoms with van der Waals surface area (Å²) in [7, 11) is 0. The van der Waals surface area contributed by atoms with Crippen LogP contribution in [-0.4, -0.2) is 15.0 Å². The fourth-order valence-electron chi connectivity index (χ4n) is 1.32. The van der Waals surface area contributed by atoms with Gasteiger partial charge in [-0.3, -0.25) is 0 Å². The first-order chi connectivity index (χ1) is 6.81. The molecule has 0 bridgehead atoms. The molecule has 0 aliphatic carbocycles. The summed E-state index contributed by atoms with van der Waals surface area (Å²) in [4.78, 5) is 2.51. The Morgan fingerprint density at radius 3 is 2.36 bits per heavy atom. The van der Waals surface area contributed by atoms with Crippen molar-refractivity contribution in [2.24, 2.45) is 0 Å². The van der Waals surface area contributed by atoms with Crippen molar-refractivity contribution in [3.63, 3.8) is 0 Å². The zero-order valence-corrected chi connectivity index (χ0v) is 11.9. The number of hydrogen-bond donors (Lipinski definition) is 0. The predicted molar refractivity (Wildman–Crippen MR) is 68.0 cm³/mol. The van der Waals surface area contributed by atoms with Crippen LogP contribution in [0.1, 0.15) is 65.7 Å². The molecule has 1 heteroatoms. The van der Waals surface area contributed by atoms with Crippen LogP contribution < -0.4 is 0 Å². The van der Waals surface area contributed by atoms with Gasteiger partial charge in [-0.25, -0.2) is 0 Å². The Morgan fingerprint density at radius 2 is 1.71 bits per heavy atom. The molecule has 0 aliphatic heterocycles. The molecule has 0 rings (SSSR count). The van der Waals surface area contributed by atoms with Crippen molar-refractivity contribution in [2.45, 2.75) is 71.0 Å². The Labute approximate surface area is 96.7 Å². The Kier molecular flexibility index (Phi) is 11.5. The van der Waals surface area contributed by atoms with Gasteiger partial charge in [0.25, 0.3) is 0 Å². The molecule has 0 fully saturated rings. The number of hydrogen-bond acceptors (Lipinski definition) is 0. The van der Waals surface area contributed by atoms with Crippen molar-refractivity contribution in [2.75, 3.05) is 0 Å². The summed E-state index contributed by atoms with van der Waals surface area (Å²) < 4.78 is 0. The van der Waals surface area contributed by atoms with E-state index in [9.17, 15) is 0 Å². The summed E-state index contributed by atoms with van der Waals surface area (Å²) in [5.74, 6) is 0. The van der Waals surface area contributed by atoms with E-state index in [1.807, 2.05) is 0 Å². The maximum absolute atomic E-state index is 2.51. The van der Waals surface area contributed by atoms with E-state index in [0.29, 0.717) is 0 Å². The predicted octanol–water partition coefficient (Wildman–Crippen LogP) is 4.78. The van der Waals surface area contributed by atoms with Gasteiger partial charge in [0.2, 0.25) is 0 Å². The van der Waals surface area contributed by atoms with E-state index in [0.717, 1.165) is 15.0 Å². The first-order valence-electron chi connectivity index (χ1n) is 6.08. The average molecular weight is 261 g/mol. The van der Waals surface area contributed by atoms with Crippen LogP contribution >= 0.6 is 0 Å². The van der Waals surface area contributed by atoms with E-state index in [1.165, 1.54) is 50.3 Å². The Bertz CT molecular complexity index is 138. The van der Waals surface area contributed by atoms with Crippen molar-refractivity contribution in [1.29, 1.82) is 0 Å². The van der Waals surface area contributed by atoms with Crippen LogP contribution in [0.4, 0.5) is 0 Å². The van der Waals surface area contributed by atoms with Crippen LogP contribution in [0.15, 0.2) is 10.5 Å². The zero-order chi connectivity index (χ0) is 10.6. The maximum atomic E-state index is 2.51. The van der Waals surface area contributed by atoms with E-state index in [-0.39, 0.29) is 0 Å². The van der Waals surface area contributed by atoms with Gasteiger partial charge in [-0.1, -0.05) is 0 Å². The molecule has 0 spiro atoms. The standard InChI is InChI=1S/C13H26Se/c1-4-6-8-9-10-13(3)12-14-11-7-5-2/h12H,4-11H2,1-3H3/b13-12-. The van der Waals surface area contributed by atoms with Crippen LogP contribution in [0.3, 0.4) is 0 Å². The number of unbranched alkanes of at least 4 members (excludes halogenated alkanes) is 4. The van der Waals surface area contributed by atoms with Gasteiger partial charge < -0.3 is 0 Å². The summed E-state index contributed by atoms with van der Waals surface area (Å²) in [6, 6.07) is 0. The quantitative estimate of drug-likeness (QED) is 0.414. The Hall–Kier alpha value is 0.259. The van der Waals surface area contributed by atoms with Crippen LogP contribution in [-0.2, 0) is 0 Å². The van der Waals surface area contributed by atoms with Crippen molar-refractivity contribution < 1.29 is 0 Å². The fraction of sp³-hybridized carbons (Fsp3) is 0.846. The second-order valence-electron chi connectivity index (χ2n) is 4.00. The molecule has 0 atom stereocenters. The molecule has 0 aromatic carbocycles.